The molecular formula is C12H16ClNO2S. The molecule has 1 aromatic heterocycles. The van der Waals surface area contributed by atoms with Crippen LogP contribution in [-0.4, -0.2) is 26.8 Å². The zero-order valence-corrected chi connectivity index (χ0v) is 11.4. The van der Waals surface area contributed by atoms with Crippen molar-refractivity contribution < 1.29 is 9.47 Å². The first-order valence-electron chi connectivity index (χ1n) is 5.92. The minimum atomic E-state index is -0.118. The van der Waals surface area contributed by atoms with Gasteiger partial charge in [0, 0.05) is 17.6 Å². The van der Waals surface area contributed by atoms with E-state index in [1.54, 1.807) is 18.4 Å². The molecule has 1 atom stereocenters. The van der Waals surface area contributed by atoms with Gasteiger partial charge in [0.2, 0.25) is 0 Å². The van der Waals surface area contributed by atoms with Crippen LogP contribution >= 0.6 is 22.9 Å². The van der Waals surface area contributed by atoms with Crippen molar-refractivity contribution in [2.24, 2.45) is 0 Å². The predicted molar refractivity (Wildman–Crippen MR) is 68.8 cm³/mol. The van der Waals surface area contributed by atoms with Crippen molar-refractivity contribution in [2.75, 3.05) is 26.8 Å². The van der Waals surface area contributed by atoms with Gasteiger partial charge < -0.3 is 14.8 Å². The third kappa shape index (κ3) is 1.92. The number of hydrogen-bond donors (Lipinski definition) is 1. The predicted octanol–water partition coefficient (Wildman–Crippen LogP) is 2.70. The van der Waals surface area contributed by atoms with E-state index >= 15 is 0 Å². The molecule has 17 heavy (non-hydrogen) atoms. The number of halogens is 1. The lowest BCUT2D eigenvalue weighted by Crippen LogP contribution is -2.45. The summed E-state index contributed by atoms with van der Waals surface area (Å²) >= 11 is 7.81. The van der Waals surface area contributed by atoms with E-state index in [9.17, 15) is 0 Å². The molecule has 0 bridgehead atoms. The summed E-state index contributed by atoms with van der Waals surface area (Å²) in [6.45, 7) is 2.65. The molecule has 1 N–H and O–H groups in total. The molecule has 1 saturated heterocycles. The smallest absolute Gasteiger partial charge is 0.107 e. The fraction of sp³-hybridized carbons (Fsp3) is 0.667. The molecule has 0 amide bonds. The minimum absolute atomic E-state index is 0.0364. The van der Waals surface area contributed by atoms with Crippen LogP contribution in [0.1, 0.15) is 29.4 Å². The van der Waals surface area contributed by atoms with Gasteiger partial charge in [-0.25, -0.2) is 0 Å². The highest BCUT2D eigenvalue weighted by Gasteiger charge is 2.43. The third-order valence-corrected chi connectivity index (χ3v) is 5.16. The standard InChI is InChI=1S/C12H16ClNO2S/c1-15-9-7-16-12(2-4-14-5-3-12)11-8(9)6-10(13)17-11/h6,9,14H,2-5,7H2,1H3. The highest BCUT2D eigenvalue weighted by Crippen LogP contribution is 2.48. The second kappa shape index (κ2) is 4.52. The quantitative estimate of drug-likeness (QED) is 0.853. The Morgan fingerprint density at radius 2 is 2.29 bits per heavy atom. The van der Waals surface area contributed by atoms with E-state index in [1.165, 1.54) is 10.4 Å². The Hall–Kier alpha value is -0.130. The Morgan fingerprint density at radius 3 is 3.00 bits per heavy atom. The molecule has 0 saturated carbocycles. The SMILES string of the molecule is COC1COC2(CCNCC2)c2sc(Cl)cc21. The van der Waals surface area contributed by atoms with Crippen LogP contribution in [0.2, 0.25) is 4.34 Å². The summed E-state index contributed by atoms with van der Waals surface area (Å²) in [7, 11) is 1.73. The topological polar surface area (TPSA) is 30.5 Å². The number of methoxy groups -OCH3 is 1. The van der Waals surface area contributed by atoms with E-state index in [1.807, 2.05) is 6.07 Å². The molecule has 1 spiro atoms. The van der Waals surface area contributed by atoms with Crippen LogP contribution in [0.25, 0.3) is 0 Å². The summed E-state index contributed by atoms with van der Waals surface area (Å²) in [4.78, 5) is 1.28. The Morgan fingerprint density at radius 1 is 1.53 bits per heavy atom. The highest BCUT2D eigenvalue weighted by molar-refractivity contribution is 7.16. The van der Waals surface area contributed by atoms with Gasteiger partial charge in [0.15, 0.2) is 0 Å². The molecule has 2 aliphatic rings. The number of piperidine rings is 1. The van der Waals surface area contributed by atoms with Gasteiger partial charge in [0.25, 0.3) is 0 Å². The fourth-order valence-electron chi connectivity index (χ4n) is 2.76. The average Bonchev–Trinajstić information content (AvgIpc) is 2.74. The number of fused-ring (bicyclic) bond motifs is 2. The first-order valence-corrected chi connectivity index (χ1v) is 7.12. The molecule has 0 aliphatic carbocycles. The van der Waals surface area contributed by atoms with Crippen LogP contribution in [-0.2, 0) is 15.1 Å². The van der Waals surface area contributed by atoms with E-state index in [0.29, 0.717) is 6.61 Å². The van der Waals surface area contributed by atoms with E-state index < -0.39 is 0 Å². The molecule has 94 valence electrons. The number of nitrogens with one attached hydrogen (secondary N) is 1. The zero-order valence-electron chi connectivity index (χ0n) is 9.79. The summed E-state index contributed by atoms with van der Waals surface area (Å²) in [6, 6.07) is 2.04. The van der Waals surface area contributed by atoms with Crippen LogP contribution in [0.15, 0.2) is 6.07 Å². The van der Waals surface area contributed by atoms with Crippen molar-refractivity contribution in [1.29, 1.82) is 0 Å². The van der Waals surface area contributed by atoms with E-state index in [0.717, 1.165) is 30.3 Å². The molecule has 5 heteroatoms. The average molecular weight is 274 g/mol. The summed E-state index contributed by atoms with van der Waals surface area (Å²) in [6.07, 6.45) is 2.08. The molecule has 0 radical (unpaired) electrons. The van der Waals surface area contributed by atoms with Crippen LogP contribution in [0.3, 0.4) is 0 Å². The number of rotatable bonds is 1. The monoisotopic (exact) mass is 273 g/mol. The van der Waals surface area contributed by atoms with Crippen LogP contribution in [0.5, 0.6) is 0 Å². The molecule has 1 unspecified atom stereocenters. The second-order valence-corrected chi connectivity index (χ2v) is 6.30. The van der Waals surface area contributed by atoms with Gasteiger partial charge in [-0.1, -0.05) is 11.6 Å². The molecule has 3 nitrogen and oxygen atoms in total. The lowest BCUT2D eigenvalue weighted by Gasteiger charge is -2.42. The maximum atomic E-state index is 6.17. The highest BCUT2D eigenvalue weighted by atomic mass is 35.5. The summed E-state index contributed by atoms with van der Waals surface area (Å²) < 4.78 is 12.4. The molecular weight excluding hydrogens is 258 g/mol. The summed E-state index contributed by atoms with van der Waals surface area (Å²) in [5, 5.41) is 3.38. The molecule has 1 fully saturated rings. The lowest BCUT2D eigenvalue weighted by molar-refractivity contribution is -0.123. The van der Waals surface area contributed by atoms with E-state index in [4.69, 9.17) is 21.1 Å². The van der Waals surface area contributed by atoms with Gasteiger partial charge in [-0.05, 0) is 32.0 Å². The normalized spacial score (nSPS) is 27.1. The van der Waals surface area contributed by atoms with Gasteiger partial charge in [-0.15, -0.1) is 11.3 Å². The lowest BCUT2D eigenvalue weighted by atomic mass is 9.85. The summed E-state index contributed by atoms with van der Waals surface area (Å²) in [5.74, 6) is 0. The number of thiophene rings is 1. The Kier molecular flexibility index (Phi) is 3.17. The molecule has 0 aromatic carbocycles. The maximum absolute atomic E-state index is 6.17. The maximum Gasteiger partial charge on any atom is 0.107 e. The zero-order chi connectivity index (χ0) is 11.9. The van der Waals surface area contributed by atoms with Crippen molar-refractivity contribution in [2.45, 2.75) is 24.5 Å². The van der Waals surface area contributed by atoms with Gasteiger partial charge >= 0.3 is 0 Å². The third-order valence-electron chi connectivity index (χ3n) is 3.70. The van der Waals surface area contributed by atoms with Crippen molar-refractivity contribution in [1.82, 2.24) is 5.32 Å². The molecule has 3 heterocycles. The van der Waals surface area contributed by atoms with Crippen LogP contribution in [0.4, 0.5) is 0 Å². The van der Waals surface area contributed by atoms with Gasteiger partial charge in [0.1, 0.15) is 11.7 Å². The van der Waals surface area contributed by atoms with Gasteiger partial charge in [-0.2, -0.15) is 0 Å². The molecule has 3 rings (SSSR count). The Balaban J connectivity index is 2.03. The van der Waals surface area contributed by atoms with Crippen molar-refractivity contribution in [3.8, 4) is 0 Å². The fourth-order valence-corrected chi connectivity index (χ4v) is 4.24. The Labute approximate surface area is 110 Å². The van der Waals surface area contributed by atoms with Crippen molar-refractivity contribution >= 4 is 22.9 Å². The van der Waals surface area contributed by atoms with Crippen molar-refractivity contribution in [3.05, 3.63) is 20.8 Å². The summed E-state index contributed by atoms with van der Waals surface area (Å²) in [5.41, 5.74) is 1.11. The first kappa shape index (κ1) is 11.9. The van der Waals surface area contributed by atoms with Crippen molar-refractivity contribution in [3.63, 3.8) is 0 Å². The minimum Gasteiger partial charge on any atom is -0.374 e. The van der Waals surface area contributed by atoms with Crippen LogP contribution in [0, 0.1) is 0 Å². The largest absolute Gasteiger partial charge is 0.374 e. The number of ether oxygens (including phenoxy) is 2. The number of hydrogen-bond acceptors (Lipinski definition) is 4. The molecule has 1 aromatic rings. The van der Waals surface area contributed by atoms with Crippen LogP contribution < -0.4 is 5.32 Å². The van der Waals surface area contributed by atoms with E-state index in [-0.39, 0.29) is 11.7 Å². The molecule has 2 aliphatic heterocycles. The first-order chi connectivity index (χ1) is 8.25. The second-order valence-electron chi connectivity index (χ2n) is 4.61. The van der Waals surface area contributed by atoms with Gasteiger partial charge in [0.05, 0.1) is 10.9 Å². The Bertz CT molecular complexity index is 415. The van der Waals surface area contributed by atoms with Gasteiger partial charge in [-0.3, -0.25) is 0 Å². The van der Waals surface area contributed by atoms with E-state index in [2.05, 4.69) is 5.32 Å².